The molecule has 0 aromatic heterocycles. The highest BCUT2D eigenvalue weighted by molar-refractivity contribution is 8.02. The molecule has 1 saturated heterocycles. The molecule has 1 unspecified atom stereocenters. The second kappa shape index (κ2) is 7.34. The molecule has 5 rings (SSSR count). The molecular weight excluding hydrogens is 439 g/mol. The van der Waals surface area contributed by atoms with Crippen molar-refractivity contribution in [2.75, 3.05) is 15.6 Å². The standard InChI is InChI=1S/C23H16Cl2N2O2S/c24-18-11-10-15(12-19(18)25)13-26-20-9-5-4-8-17(20)23(22(26)29)27(21(28)14-30-23)16-6-2-1-3-7-16/h1-12H,13-14H2. The maximum atomic E-state index is 13.9. The quantitative estimate of drug-likeness (QED) is 0.526. The zero-order valence-corrected chi connectivity index (χ0v) is 18.0. The molecule has 30 heavy (non-hydrogen) atoms. The minimum atomic E-state index is -1.11. The molecule has 1 spiro atoms. The first-order valence-electron chi connectivity index (χ1n) is 9.40. The largest absolute Gasteiger partial charge is 0.304 e. The maximum absolute atomic E-state index is 13.9. The highest BCUT2D eigenvalue weighted by atomic mass is 35.5. The molecule has 0 radical (unpaired) electrons. The van der Waals surface area contributed by atoms with Gasteiger partial charge in [0.05, 0.1) is 28.0 Å². The first kappa shape index (κ1) is 19.5. The first-order valence-corrected chi connectivity index (χ1v) is 11.1. The summed E-state index contributed by atoms with van der Waals surface area (Å²) in [6, 6.07) is 22.4. The number of hydrogen-bond acceptors (Lipinski definition) is 3. The predicted octanol–water partition coefficient (Wildman–Crippen LogP) is 5.47. The van der Waals surface area contributed by atoms with E-state index < -0.39 is 4.87 Å². The minimum Gasteiger partial charge on any atom is -0.304 e. The van der Waals surface area contributed by atoms with Crippen molar-refractivity contribution in [3.05, 3.63) is 94.0 Å². The molecule has 7 heteroatoms. The fourth-order valence-electron chi connectivity index (χ4n) is 4.11. The Hall–Kier alpha value is -2.47. The summed E-state index contributed by atoms with van der Waals surface area (Å²) in [6.07, 6.45) is 0. The van der Waals surface area contributed by atoms with Crippen LogP contribution in [0.5, 0.6) is 0 Å². The minimum absolute atomic E-state index is 0.0780. The summed E-state index contributed by atoms with van der Waals surface area (Å²) in [6.45, 7) is 0.339. The zero-order chi connectivity index (χ0) is 20.9. The third kappa shape index (κ3) is 2.84. The van der Waals surface area contributed by atoms with Crippen LogP contribution in [0, 0.1) is 0 Å². The van der Waals surface area contributed by atoms with Crippen LogP contribution >= 0.6 is 35.0 Å². The highest BCUT2D eigenvalue weighted by Gasteiger charge is 2.60. The smallest absolute Gasteiger partial charge is 0.269 e. The fraction of sp³-hybridized carbons (Fsp3) is 0.130. The number of rotatable bonds is 3. The van der Waals surface area contributed by atoms with Crippen LogP contribution < -0.4 is 9.80 Å². The van der Waals surface area contributed by atoms with E-state index in [9.17, 15) is 9.59 Å². The van der Waals surface area contributed by atoms with Crippen LogP contribution in [-0.4, -0.2) is 17.6 Å². The van der Waals surface area contributed by atoms with Crippen molar-refractivity contribution < 1.29 is 9.59 Å². The van der Waals surface area contributed by atoms with E-state index in [1.54, 1.807) is 21.9 Å². The van der Waals surface area contributed by atoms with Gasteiger partial charge in [-0.05, 0) is 35.9 Å². The second-order valence-corrected chi connectivity index (χ2v) is 9.14. The van der Waals surface area contributed by atoms with Crippen molar-refractivity contribution in [3.63, 3.8) is 0 Å². The Morgan fingerprint density at radius 2 is 1.63 bits per heavy atom. The number of anilines is 2. The Morgan fingerprint density at radius 1 is 0.900 bits per heavy atom. The van der Waals surface area contributed by atoms with Gasteiger partial charge in [-0.3, -0.25) is 14.5 Å². The molecule has 0 bridgehead atoms. The van der Waals surface area contributed by atoms with Gasteiger partial charge in [0.1, 0.15) is 0 Å². The second-order valence-electron chi connectivity index (χ2n) is 7.15. The molecule has 2 aliphatic heterocycles. The number of para-hydroxylation sites is 2. The van der Waals surface area contributed by atoms with E-state index in [4.69, 9.17) is 23.2 Å². The number of fused-ring (bicyclic) bond motifs is 2. The zero-order valence-electron chi connectivity index (χ0n) is 15.7. The summed E-state index contributed by atoms with van der Waals surface area (Å²) < 4.78 is 0. The van der Waals surface area contributed by atoms with Gasteiger partial charge >= 0.3 is 0 Å². The monoisotopic (exact) mass is 454 g/mol. The lowest BCUT2D eigenvalue weighted by Gasteiger charge is -2.33. The number of thioether (sulfide) groups is 1. The number of carbonyl (C=O) groups excluding carboxylic acids is 2. The molecule has 0 aliphatic carbocycles. The van der Waals surface area contributed by atoms with Crippen molar-refractivity contribution in [1.29, 1.82) is 0 Å². The lowest BCUT2D eigenvalue weighted by molar-refractivity contribution is -0.123. The Labute approximate surface area is 188 Å². The van der Waals surface area contributed by atoms with E-state index in [1.165, 1.54) is 11.8 Å². The molecule has 0 saturated carbocycles. The van der Waals surface area contributed by atoms with Crippen LogP contribution in [0.2, 0.25) is 10.0 Å². The summed E-state index contributed by atoms with van der Waals surface area (Å²) >= 11 is 13.6. The summed E-state index contributed by atoms with van der Waals surface area (Å²) in [5.74, 6) is 0.0375. The van der Waals surface area contributed by atoms with Crippen LogP contribution in [0.15, 0.2) is 72.8 Å². The van der Waals surface area contributed by atoms with Crippen LogP contribution in [0.4, 0.5) is 11.4 Å². The lowest BCUT2D eigenvalue weighted by Crippen LogP contribution is -2.49. The van der Waals surface area contributed by atoms with E-state index in [2.05, 4.69) is 0 Å². The number of nitrogens with zero attached hydrogens (tertiary/aromatic N) is 2. The number of hydrogen-bond donors (Lipinski definition) is 0. The van der Waals surface area contributed by atoms with Crippen molar-refractivity contribution in [3.8, 4) is 0 Å². The van der Waals surface area contributed by atoms with Crippen molar-refractivity contribution in [2.45, 2.75) is 11.4 Å². The fourth-order valence-corrected chi connectivity index (χ4v) is 5.79. The first-order chi connectivity index (χ1) is 14.5. The van der Waals surface area contributed by atoms with E-state index in [0.29, 0.717) is 22.3 Å². The van der Waals surface area contributed by atoms with Gasteiger partial charge in [-0.1, -0.05) is 65.7 Å². The van der Waals surface area contributed by atoms with Gasteiger partial charge in [-0.15, -0.1) is 11.8 Å². The van der Waals surface area contributed by atoms with Crippen LogP contribution in [0.3, 0.4) is 0 Å². The maximum Gasteiger partial charge on any atom is 0.269 e. The van der Waals surface area contributed by atoms with Crippen molar-refractivity contribution in [2.24, 2.45) is 0 Å². The summed E-state index contributed by atoms with van der Waals surface area (Å²) in [5.41, 5.74) is 3.21. The molecule has 2 aliphatic rings. The molecule has 3 aromatic carbocycles. The summed E-state index contributed by atoms with van der Waals surface area (Å²) in [7, 11) is 0. The molecule has 3 aromatic rings. The van der Waals surface area contributed by atoms with Gasteiger partial charge in [0, 0.05) is 11.3 Å². The number of amides is 2. The molecular formula is C23H16Cl2N2O2S. The van der Waals surface area contributed by atoms with Gasteiger partial charge in [0.2, 0.25) is 10.8 Å². The van der Waals surface area contributed by atoms with E-state index >= 15 is 0 Å². The van der Waals surface area contributed by atoms with Crippen molar-refractivity contribution >= 4 is 58.2 Å². The van der Waals surface area contributed by atoms with E-state index in [1.807, 2.05) is 60.7 Å². The van der Waals surface area contributed by atoms with Gasteiger partial charge in [-0.25, -0.2) is 0 Å². The summed E-state index contributed by atoms with van der Waals surface area (Å²) in [5, 5.41) is 0.914. The average Bonchev–Trinajstić information content (AvgIpc) is 3.22. The Morgan fingerprint density at radius 3 is 2.40 bits per heavy atom. The van der Waals surface area contributed by atoms with Crippen molar-refractivity contribution in [1.82, 2.24) is 0 Å². The summed E-state index contributed by atoms with van der Waals surface area (Å²) in [4.78, 5) is 29.1. The van der Waals surface area contributed by atoms with Gasteiger partial charge in [0.15, 0.2) is 0 Å². The molecule has 2 heterocycles. The molecule has 1 atom stereocenters. The van der Waals surface area contributed by atoms with Crippen LogP contribution in [-0.2, 0) is 21.0 Å². The van der Waals surface area contributed by atoms with Crippen LogP contribution in [0.1, 0.15) is 11.1 Å². The third-order valence-corrected chi connectivity index (χ3v) is 7.53. The molecule has 1 fully saturated rings. The third-order valence-electron chi connectivity index (χ3n) is 5.40. The van der Waals surface area contributed by atoms with Crippen LogP contribution in [0.25, 0.3) is 0 Å². The number of benzene rings is 3. The topological polar surface area (TPSA) is 40.6 Å². The van der Waals surface area contributed by atoms with E-state index in [-0.39, 0.29) is 17.6 Å². The highest BCUT2D eigenvalue weighted by Crippen LogP contribution is 2.55. The average molecular weight is 455 g/mol. The Kier molecular flexibility index (Phi) is 4.77. The normalized spacial score (nSPS) is 20.3. The number of carbonyl (C=O) groups is 2. The lowest BCUT2D eigenvalue weighted by atomic mass is 10.0. The predicted molar refractivity (Wildman–Crippen MR) is 122 cm³/mol. The SMILES string of the molecule is O=C1CSC2(C(=O)N(Cc3ccc(Cl)c(Cl)c3)c3ccccc32)N1c1ccccc1. The van der Waals surface area contributed by atoms with E-state index in [0.717, 1.165) is 16.8 Å². The molecule has 0 N–H and O–H groups in total. The Bertz CT molecular complexity index is 1170. The molecule has 2 amide bonds. The Balaban J connectivity index is 1.63. The van der Waals surface area contributed by atoms with Gasteiger partial charge in [-0.2, -0.15) is 0 Å². The molecule has 150 valence electrons. The number of halogens is 2. The van der Waals surface area contributed by atoms with Gasteiger partial charge in [0.25, 0.3) is 5.91 Å². The van der Waals surface area contributed by atoms with Gasteiger partial charge < -0.3 is 4.90 Å². The molecule has 4 nitrogen and oxygen atoms in total.